The monoisotopic (exact) mass is 531 g/mol. The number of amides is 1. The minimum atomic E-state index is -4.10. The molecule has 2 aliphatic rings. The number of fused-ring (bicyclic) bond motifs is 2. The van der Waals surface area contributed by atoms with E-state index >= 15 is 0 Å². The topological polar surface area (TPSA) is 175 Å². The van der Waals surface area contributed by atoms with Crippen molar-refractivity contribution in [3.8, 4) is 0 Å². The van der Waals surface area contributed by atoms with Crippen molar-refractivity contribution in [3.05, 3.63) is 51.7 Å². The molecule has 2 atom stereocenters. The summed E-state index contributed by atoms with van der Waals surface area (Å²) in [6.45, 7) is 2.10. The van der Waals surface area contributed by atoms with Gasteiger partial charge in [-0.2, -0.15) is 12.7 Å². The van der Waals surface area contributed by atoms with Crippen molar-refractivity contribution in [3.63, 3.8) is 0 Å². The van der Waals surface area contributed by atoms with Gasteiger partial charge in [0.05, 0.1) is 5.69 Å². The second-order valence-electron chi connectivity index (χ2n) is 8.94. The van der Waals surface area contributed by atoms with Gasteiger partial charge in [-0.15, -0.1) is 11.3 Å². The Morgan fingerprint density at radius 3 is 2.72 bits per heavy atom. The van der Waals surface area contributed by atoms with E-state index in [1.54, 1.807) is 18.2 Å². The number of hydrogen-bond acceptors (Lipinski definition) is 8. The van der Waals surface area contributed by atoms with E-state index in [0.717, 1.165) is 18.8 Å². The average molecular weight is 532 g/mol. The molecule has 190 valence electrons. The standard InChI is InChI=1S/C22H25N7O5S2/c1-12-6-16-18(8-25-12)35-20(26-16)21(30)29-5-4-27(11-17(29)22(31)32)36(33,34)28-9-14-3-2-13(19(23)24)7-15(14)10-28/h2-3,7,9-10,12,17,25H,4-6,8,11H2,1H3,(H3,23,24)(H,31,32). The minimum absolute atomic E-state index is 0.0608. The molecule has 2 aromatic heterocycles. The molecule has 5 N–H and O–H groups in total. The van der Waals surface area contributed by atoms with E-state index in [4.69, 9.17) is 11.1 Å². The fourth-order valence-electron chi connectivity index (χ4n) is 4.50. The Morgan fingerprint density at radius 1 is 1.25 bits per heavy atom. The minimum Gasteiger partial charge on any atom is -0.480 e. The number of nitrogen functional groups attached to an aromatic ring is 1. The number of nitrogens with zero attached hydrogens (tertiary/aromatic N) is 4. The number of carboxylic acids is 1. The van der Waals surface area contributed by atoms with E-state index in [-0.39, 0.29) is 36.5 Å². The highest BCUT2D eigenvalue weighted by molar-refractivity contribution is 7.87. The van der Waals surface area contributed by atoms with Crippen LogP contribution in [0, 0.1) is 5.41 Å². The molecule has 3 aromatic rings. The van der Waals surface area contributed by atoms with E-state index in [9.17, 15) is 23.1 Å². The van der Waals surface area contributed by atoms with Gasteiger partial charge >= 0.3 is 16.2 Å². The molecule has 1 aromatic carbocycles. The predicted octanol–water partition coefficient (Wildman–Crippen LogP) is 0.420. The maximum atomic E-state index is 13.4. The van der Waals surface area contributed by atoms with Crippen molar-refractivity contribution in [1.82, 2.24) is 23.5 Å². The number of aromatic nitrogens is 2. The van der Waals surface area contributed by atoms with Gasteiger partial charge in [-0.3, -0.25) is 10.2 Å². The molecule has 1 saturated heterocycles. The fraction of sp³-hybridized carbons (Fsp3) is 0.364. The molecular formula is C22H25N7O5S2. The summed E-state index contributed by atoms with van der Waals surface area (Å²) in [7, 11) is -4.10. The Kier molecular flexibility index (Phi) is 6.06. The first-order chi connectivity index (χ1) is 17.0. The fourth-order valence-corrected chi connectivity index (χ4v) is 6.89. The highest BCUT2D eigenvalue weighted by Gasteiger charge is 2.41. The zero-order valence-corrected chi connectivity index (χ0v) is 21.0. The summed E-state index contributed by atoms with van der Waals surface area (Å²) in [5, 5.41) is 22.2. The Hall–Kier alpha value is -3.33. The number of nitrogens with one attached hydrogen (secondary N) is 2. The number of amidine groups is 1. The molecule has 5 rings (SSSR count). The number of carboxylic acid groups (broad SMARTS) is 1. The summed E-state index contributed by atoms with van der Waals surface area (Å²) in [6.07, 6.45) is 3.52. The third-order valence-electron chi connectivity index (χ3n) is 6.48. The number of carbonyl (C=O) groups is 2. The maximum Gasteiger partial charge on any atom is 0.327 e. The first-order valence-electron chi connectivity index (χ1n) is 11.3. The predicted molar refractivity (Wildman–Crippen MR) is 133 cm³/mol. The summed E-state index contributed by atoms with van der Waals surface area (Å²) < 4.78 is 28.8. The van der Waals surface area contributed by atoms with E-state index in [1.165, 1.54) is 28.6 Å². The van der Waals surface area contributed by atoms with Gasteiger partial charge in [0.25, 0.3) is 5.91 Å². The lowest BCUT2D eigenvalue weighted by Crippen LogP contribution is -2.59. The quantitative estimate of drug-likeness (QED) is 0.271. The second-order valence-corrected chi connectivity index (χ2v) is 11.9. The molecule has 12 nitrogen and oxygen atoms in total. The van der Waals surface area contributed by atoms with Crippen LogP contribution in [0.25, 0.3) is 10.8 Å². The largest absolute Gasteiger partial charge is 0.480 e. The summed E-state index contributed by atoms with van der Waals surface area (Å²) in [5.41, 5.74) is 6.83. The SMILES string of the molecule is CC1Cc2nc(C(=O)N3CCN(S(=O)(=O)n4cc5ccc(C(=N)N)cc5c4)CC3C(=O)O)sc2CN1. The molecule has 2 aliphatic heterocycles. The van der Waals surface area contributed by atoms with Gasteiger partial charge in [0.1, 0.15) is 11.9 Å². The molecule has 2 unspecified atom stereocenters. The van der Waals surface area contributed by atoms with Gasteiger partial charge in [-0.1, -0.05) is 12.1 Å². The van der Waals surface area contributed by atoms with Crippen LogP contribution in [0.3, 0.4) is 0 Å². The summed E-state index contributed by atoms with van der Waals surface area (Å²) in [6, 6.07) is 3.79. The number of piperazine rings is 1. The highest BCUT2D eigenvalue weighted by atomic mass is 32.2. The van der Waals surface area contributed by atoms with Crippen molar-refractivity contribution in [2.75, 3.05) is 19.6 Å². The zero-order chi connectivity index (χ0) is 25.8. The molecule has 0 radical (unpaired) electrons. The number of nitrogens with two attached hydrogens (primary N) is 1. The summed E-state index contributed by atoms with van der Waals surface area (Å²) in [4.78, 5) is 32.0. The van der Waals surface area contributed by atoms with Crippen LogP contribution in [0.1, 0.15) is 32.9 Å². The van der Waals surface area contributed by atoms with Crippen LogP contribution in [-0.2, 0) is 28.0 Å². The van der Waals surface area contributed by atoms with Gasteiger partial charge in [0, 0.05) is 72.2 Å². The average Bonchev–Trinajstić information content (AvgIpc) is 3.46. The smallest absolute Gasteiger partial charge is 0.327 e. The van der Waals surface area contributed by atoms with Crippen LogP contribution in [0.2, 0.25) is 0 Å². The van der Waals surface area contributed by atoms with E-state index in [1.807, 2.05) is 6.92 Å². The second kappa shape index (κ2) is 8.96. The van der Waals surface area contributed by atoms with Crippen LogP contribution in [0.5, 0.6) is 0 Å². The normalized spacial score (nSPS) is 20.9. The van der Waals surface area contributed by atoms with Gasteiger partial charge in [0.2, 0.25) is 0 Å². The molecule has 0 saturated carbocycles. The van der Waals surface area contributed by atoms with Crippen LogP contribution in [-0.4, -0.2) is 81.1 Å². The lowest BCUT2D eigenvalue weighted by molar-refractivity contribution is -0.143. The van der Waals surface area contributed by atoms with Gasteiger partial charge in [-0.25, -0.2) is 13.8 Å². The molecule has 4 heterocycles. The first-order valence-corrected chi connectivity index (χ1v) is 13.5. The van der Waals surface area contributed by atoms with Gasteiger partial charge in [-0.05, 0) is 13.0 Å². The van der Waals surface area contributed by atoms with Gasteiger partial charge in [0.15, 0.2) is 5.01 Å². The molecule has 14 heteroatoms. The zero-order valence-electron chi connectivity index (χ0n) is 19.3. The first kappa shape index (κ1) is 24.4. The number of benzene rings is 1. The van der Waals surface area contributed by atoms with Crippen molar-refractivity contribution in [2.45, 2.75) is 32.0 Å². The van der Waals surface area contributed by atoms with Crippen molar-refractivity contribution >= 4 is 50.0 Å². The Morgan fingerprint density at radius 2 is 2.00 bits per heavy atom. The lowest BCUT2D eigenvalue weighted by atomic mass is 10.1. The van der Waals surface area contributed by atoms with Crippen LogP contribution >= 0.6 is 11.3 Å². The lowest BCUT2D eigenvalue weighted by Gasteiger charge is -2.38. The molecule has 0 aliphatic carbocycles. The molecule has 36 heavy (non-hydrogen) atoms. The Labute approximate surface area is 211 Å². The molecule has 1 fully saturated rings. The van der Waals surface area contributed by atoms with Crippen molar-refractivity contribution in [1.29, 1.82) is 5.41 Å². The van der Waals surface area contributed by atoms with E-state index in [2.05, 4.69) is 10.3 Å². The number of rotatable bonds is 5. The van der Waals surface area contributed by atoms with Crippen LogP contribution in [0.4, 0.5) is 0 Å². The maximum absolute atomic E-state index is 13.4. The molecule has 1 amide bonds. The van der Waals surface area contributed by atoms with Crippen LogP contribution in [0.15, 0.2) is 30.6 Å². The summed E-state index contributed by atoms with van der Waals surface area (Å²) >= 11 is 1.24. The number of hydrogen-bond donors (Lipinski definition) is 4. The Balaban J connectivity index is 1.38. The van der Waals surface area contributed by atoms with Crippen molar-refractivity contribution < 1.29 is 23.1 Å². The molecular weight excluding hydrogens is 506 g/mol. The highest BCUT2D eigenvalue weighted by Crippen LogP contribution is 2.27. The van der Waals surface area contributed by atoms with Crippen molar-refractivity contribution in [2.24, 2.45) is 5.73 Å². The number of thiazole rings is 1. The Bertz CT molecular complexity index is 1500. The molecule has 0 bridgehead atoms. The third kappa shape index (κ3) is 4.25. The van der Waals surface area contributed by atoms with Gasteiger partial charge < -0.3 is 21.1 Å². The van der Waals surface area contributed by atoms with Crippen LogP contribution < -0.4 is 11.1 Å². The summed E-state index contributed by atoms with van der Waals surface area (Å²) in [5.74, 6) is -1.93. The number of aliphatic carboxylic acids is 1. The third-order valence-corrected chi connectivity index (χ3v) is 9.30. The molecule has 0 spiro atoms. The number of carbonyl (C=O) groups excluding carboxylic acids is 1. The van der Waals surface area contributed by atoms with E-state index in [0.29, 0.717) is 29.3 Å². The van der Waals surface area contributed by atoms with E-state index < -0.39 is 28.1 Å².